The van der Waals surface area contributed by atoms with E-state index in [1.807, 2.05) is 60.2 Å². The van der Waals surface area contributed by atoms with Crippen molar-refractivity contribution in [3.63, 3.8) is 0 Å². The maximum Gasteiger partial charge on any atom is 0.158 e. The summed E-state index contributed by atoms with van der Waals surface area (Å²) in [6.07, 6.45) is 3.46. The topological polar surface area (TPSA) is 81.4 Å². The third kappa shape index (κ3) is 5.14. The van der Waals surface area contributed by atoms with E-state index in [0.29, 0.717) is 36.3 Å². The number of fused-ring (bicyclic) bond motifs is 1. The molecule has 0 aliphatic heterocycles. The first-order chi connectivity index (χ1) is 15.1. The van der Waals surface area contributed by atoms with E-state index < -0.39 is 0 Å². The second-order valence-corrected chi connectivity index (χ2v) is 7.40. The average molecular weight is 439 g/mol. The number of halogens is 1. The van der Waals surface area contributed by atoms with Crippen molar-refractivity contribution in [3.05, 3.63) is 71.6 Å². The van der Waals surface area contributed by atoms with Gasteiger partial charge in [-0.1, -0.05) is 23.7 Å². The number of hydrogen-bond acceptors (Lipinski definition) is 6. The summed E-state index contributed by atoms with van der Waals surface area (Å²) in [5.41, 5.74) is 3.59. The Morgan fingerprint density at radius 3 is 2.81 bits per heavy atom. The first-order valence-corrected chi connectivity index (χ1v) is 10.3. The minimum atomic E-state index is 0.00664. The number of nitrogens with zero attached hydrogens (tertiary/aromatic N) is 3. The van der Waals surface area contributed by atoms with E-state index in [4.69, 9.17) is 26.2 Å². The zero-order valence-corrected chi connectivity index (χ0v) is 17.8. The molecule has 4 rings (SSSR count). The zero-order valence-electron chi connectivity index (χ0n) is 17.1. The van der Waals surface area contributed by atoms with Crippen LogP contribution in [0.2, 0.25) is 5.02 Å². The molecule has 7 nitrogen and oxygen atoms in total. The lowest BCUT2D eigenvalue weighted by Crippen LogP contribution is -2.09. The van der Waals surface area contributed by atoms with E-state index in [0.717, 1.165) is 28.0 Å². The van der Waals surface area contributed by atoms with Gasteiger partial charge in [0.1, 0.15) is 23.3 Å². The molecule has 8 heteroatoms. The second kappa shape index (κ2) is 9.78. The summed E-state index contributed by atoms with van der Waals surface area (Å²) in [5.74, 6) is 1.98. The molecular weight excluding hydrogens is 416 g/mol. The highest BCUT2D eigenvalue weighted by molar-refractivity contribution is 6.32. The van der Waals surface area contributed by atoms with Crippen molar-refractivity contribution in [1.29, 1.82) is 0 Å². The number of aromatic nitrogens is 3. The van der Waals surface area contributed by atoms with Gasteiger partial charge in [0.25, 0.3) is 0 Å². The van der Waals surface area contributed by atoms with Crippen LogP contribution in [0.1, 0.15) is 5.56 Å². The van der Waals surface area contributed by atoms with Gasteiger partial charge in [-0.25, -0.2) is 9.97 Å². The number of aryl methyl sites for hydroxylation is 1. The highest BCUT2D eigenvalue weighted by Gasteiger charge is 2.11. The number of nitrogens with one attached hydrogen (secondary N) is 1. The van der Waals surface area contributed by atoms with Crippen LogP contribution in [0.25, 0.3) is 11.0 Å². The monoisotopic (exact) mass is 438 g/mol. The largest absolute Gasteiger partial charge is 0.456 e. The van der Waals surface area contributed by atoms with Crippen LogP contribution in [-0.2, 0) is 11.3 Å². The molecule has 2 aromatic carbocycles. The Kier molecular flexibility index (Phi) is 6.66. The van der Waals surface area contributed by atoms with Gasteiger partial charge in [-0.2, -0.15) is 0 Å². The molecule has 0 fully saturated rings. The molecular formula is C23H23ClN4O3. The Balaban J connectivity index is 1.53. The molecule has 0 amide bonds. The predicted molar refractivity (Wildman–Crippen MR) is 121 cm³/mol. The number of benzene rings is 2. The summed E-state index contributed by atoms with van der Waals surface area (Å²) in [4.78, 5) is 8.75. The van der Waals surface area contributed by atoms with Crippen LogP contribution in [0.5, 0.6) is 11.5 Å². The molecule has 2 aromatic heterocycles. The Bertz CT molecular complexity index is 1180. The lowest BCUT2D eigenvalue weighted by Gasteiger charge is -2.13. The lowest BCUT2D eigenvalue weighted by atomic mass is 10.2. The first-order valence-electron chi connectivity index (χ1n) is 9.93. The van der Waals surface area contributed by atoms with E-state index in [2.05, 4.69) is 15.3 Å². The van der Waals surface area contributed by atoms with E-state index in [-0.39, 0.29) is 6.61 Å². The van der Waals surface area contributed by atoms with Gasteiger partial charge in [-0.3, -0.25) is 0 Å². The second-order valence-electron chi connectivity index (χ2n) is 6.99. The standard InChI is InChI=1S/C23H23ClN4O3/c1-16-3-2-4-18(13-16)31-21-6-5-17(14-19(21)24)27-23-22-20(25-15-26-23)7-8-28(22)9-11-30-12-10-29/h2-8,13-15,29H,9-12H2,1H3,(H,25,26,27). The molecule has 2 heterocycles. The molecule has 0 atom stereocenters. The van der Waals surface area contributed by atoms with Crippen LogP contribution >= 0.6 is 11.6 Å². The van der Waals surface area contributed by atoms with E-state index in [1.54, 1.807) is 6.07 Å². The highest BCUT2D eigenvalue weighted by Crippen LogP contribution is 2.33. The molecule has 2 N–H and O–H groups in total. The number of aliphatic hydroxyl groups excluding tert-OH is 1. The third-order valence-corrected chi connectivity index (χ3v) is 4.97. The molecule has 0 aliphatic carbocycles. The summed E-state index contributed by atoms with van der Waals surface area (Å²) in [6.45, 7) is 3.44. The summed E-state index contributed by atoms with van der Waals surface area (Å²) >= 11 is 6.47. The minimum Gasteiger partial charge on any atom is -0.456 e. The average Bonchev–Trinajstić information content (AvgIpc) is 3.17. The Hall–Kier alpha value is -3.13. The van der Waals surface area contributed by atoms with Crippen LogP contribution in [0.15, 0.2) is 61.1 Å². The molecule has 31 heavy (non-hydrogen) atoms. The minimum absolute atomic E-state index is 0.00664. The number of anilines is 2. The molecule has 0 saturated carbocycles. The molecule has 4 aromatic rings. The first kappa shape index (κ1) is 21.1. The molecule has 0 unspecified atom stereocenters. The van der Waals surface area contributed by atoms with Crippen molar-refractivity contribution in [3.8, 4) is 11.5 Å². The Labute approximate surface area is 185 Å². The molecule has 0 radical (unpaired) electrons. The number of aliphatic hydroxyl groups is 1. The Morgan fingerprint density at radius 2 is 2.00 bits per heavy atom. The summed E-state index contributed by atoms with van der Waals surface area (Å²) in [6, 6.07) is 15.3. The summed E-state index contributed by atoms with van der Waals surface area (Å²) in [5, 5.41) is 12.7. The van der Waals surface area contributed by atoms with Gasteiger partial charge in [-0.15, -0.1) is 0 Å². The predicted octanol–water partition coefficient (Wildman–Crippen LogP) is 4.94. The van der Waals surface area contributed by atoms with Gasteiger partial charge in [0, 0.05) is 18.4 Å². The van der Waals surface area contributed by atoms with E-state index in [1.165, 1.54) is 6.33 Å². The van der Waals surface area contributed by atoms with Crippen molar-refractivity contribution in [2.45, 2.75) is 13.5 Å². The van der Waals surface area contributed by atoms with Crippen LogP contribution in [0, 0.1) is 6.92 Å². The fourth-order valence-corrected chi connectivity index (χ4v) is 3.46. The van der Waals surface area contributed by atoms with Gasteiger partial charge >= 0.3 is 0 Å². The molecule has 160 valence electrons. The molecule has 0 aliphatic rings. The maximum absolute atomic E-state index is 8.86. The van der Waals surface area contributed by atoms with Crippen LogP contribution in [0.4, 0.5) is 11.5 Å². The number of ether oxygens (including phenoxy) is 2. The van der Waals surface area contributed by atoms with Crippen molar-refractivity contribution < 1.29 is 14.6 Å². The fourth-order valence-electron chi connectivity index (χ4n) is 3.24. The Morgan fingerprint density at radius 1 is 1.10 bits per heavy atom. The van der Waals surface area contributed by atoms with Gasteiger partial charge in [0.15, 0.2) is 5.82 Å². The van der Waals surface area contributed by atoms with E-state index >= 15 is 0 Å². The molecule has 0 spiro atoms. The van der Waals surface area contributed by atoms with Crippen LogP contribution in [0.3, 0.4) is 0 Å². The lowest BCUT2D eigenvalue weighted by molar-refractivity contribution is 0.0875. The van der Waals surface area contributed by atoms with Crippen molar-refractivity contribution >= 4 is 34.1 Å². The van der Waals surface area contributed by atoms with Crippen LogP contribution in [-0.4, -0.2) is 39.5 Å². The maximum atomic E-state index is 8.86. The number of hydrogen-bond donors (Lipinski definition) is 2. The third-order valence-electron chi connectivity index (χ3n) is 4.67. The van der Waals surface area contributed by atoms with Gasteiger partial charge in [0.05, 0.1) is 30.4 Å². The van der Waals surface area contributed by atoms with Crippen molar-refractivity contribution in [1.82, 2.24) is 14.5 Å². The highest BCUT2D eigenvalue weighted by atomic mass is 35.5. The SMILES string of the molecule is Cc1cccc(Oc2ccc(Nc3ncnc4ccn(CCOCCO)c34)cc2Cl)c1. The van der Waals surface area contributed by atoms with Crippen molar-refractivity contribution in [2.24, 2.45) is 0 Å². The molecule has 0 bridgehead atoms. The van der Waals surface area contributed by atoms with Gasteiger partial charge in [-0.05, 0) is 48.9 Å². The fraction of sp³-hybridized carbons (Fsp3) is 0.217. The zero-order chi connectivity index (χ0) is 21.6. The van der Waals surface area contributed by atoms with Crippen molar-refractivity contribution in [2.75, 3.05) is 25.1 Å². The van der Waals surface area contributed by atoms with Gasteiger partial charge < -0.3 is 24.5 Å². The van der Waals surface area contributed by atoms with E-state index in [9.17, 15) is 0 Å². The molecule has 0 saturated heterocycles. The summed E-state index contributed by atoms with van der Waals surface area (Å²) in [7, 11) is 0. The van der Waals surface area contributed by atoms with Gasteiger partial charge in [0.2, 0.25) is 0 Å². The normalized spacial score (nSPS) is 11.1. The van der Waals surface area contributed by atoms with Crippen LogP contribution < -0.4 is 10.1 Å². The number of rotatable bonds is 9. The summed E-state index contributed by atoms with van der Waals surface area (Å²) < 4.78 is 13.3. The smallest absolute Gasteiger partial charge is 0.158 e. The quantitative estimate of drug-likeness (QED) is 0.360.